The first kappa shape index (κ1) is 13.9. The number of hydrogen-bond donors (Lipinski definition) is 0. The number of carbonyl (C=O) groups is 1. The second kappa shape index (κ2) is 5.76. The summed E-state index contributed by atoms with van der Waals surface area (Å²) in [6.45, 7) is 3.01. The van der Waals surface area contributed by atoms with E-state index in [0.717, 1.165) is 24.9 Å². The molecule has 3 heterocycles. The summed E-state index contributed by atoms with van der Waals surface area (Å²) in [6.07, 6.45) is 6.01. The minimum atomic E-state index is -0.209. The average molecular weight is 288 g/mol. The van der Waals surface area contributed by atoms with Crippen LogP contribution in [0.4, 0.5) is 4.79 Å². The molecule has 112 valence electrons. The summed E-state index contributed by atoms with van der Waals surface area (Å²) in [4.78, 5) is 18.2. The molecule has 1 saturated heterocycles. The zero-order chi connectivity index (χ0) is 14.8. The van der Waals surface area contributed by atoms with Gasteiger partial charge in [0.15, 0.2) is 0 Å². The Labute approximate surface area is 124 Å². The minimum absolute atomic E-state index is 0.101. The fourth-order valence-electron chi connectivity index (χ4n) is 3.19. The molecule has 1 aromatic heterocycles. The predicted octanol–water partition coefficient (Wildman–Crippen LogP) is 2.72. The number of hydrogen-bond acceptors (Lipinski definition) is 4. The van der Waals surface area contributed by atoms with Gasteiger partial charge < -0.3 is 14.4 Å². The lowest BCUT2D eigenvalue weighted by Gasteiger charge is -2.44. The van der Waals surface area contributed by atoms with Crippen molar-refractivity contribution in [2.45, 2.75) is 25.8 Å². The van der Waals surface area contributed by atoms with Crippen molar-refractivity contribution in [3.63, 3.8) is 0 Å². The van der Waals surface area contributed by atoms with E-state index in [1.165, 1.54) is 5.57 Å². The van der Waals surface area contributed by atoms with Gasteiger partial charge in [-0.05, 0) is 42.9 Å². The summed E-state index contributed by atoms with van der Waals surface area (Å²) in [5, 5.41) is 0. The molecule has 1 aliphatic carbocycles. The highest BCUT2D eigenvalue weighted by Gasteiger charge is 2.38. The van der Waals surface area contributed by atoms with Crippen LogP contribution in [0.1, 0.15) is 25.3 Å². The van der Waals surface area contributed by atoms with Gasteiger partial charge in [-0.1, -0.05) is 6.08 Å². The third kappa shape index (κ3) is 2.60. The quantitative estimate of drug-likeness (QED) is 0.858. The van der Waals surface area contributed by atoms with Crippen LogP contribution in [0, 0.1) is 5.92 Å². The molecule has 0 radical (unpaired) electrons. The number of fused-ring (bicyclic) bond motifs is 2. The summed E-state index contributed by atoms with van der Waals surface area (Å²) in [7, 11) is 1.60. The molecule has 2 aliphatic heterocycles. The fourth-order valence-corrected chi connectivity index (χ4v) is 3.19. The topological polar surface area (TPSA) is 51.7 Å². The van der Waals surface area contributed by atoms with Crippen molar-refractivity contribution in [1.82, 2.24) is 9.88 Å². The smallest absolute Gasteiger partial charge is 0.410 e. The number of rotatable bonds is 3. The maximum atomic E-state index is 12.1. The molecule has 1 aromatic rings. The van der Waals surface area contributed by atoms with E-state index in [9.17, 15) is 4.79 Å². The second-order valence-corrected chi connectivity index (χ2v) is 5.42. The van der Waals surface area contributed by atoms with Gasteiger partial charge in [-0.3, -0.25) is 0 Å². The number of pyridine rings is 1. The highest BCUT2D eigenvalue weighted by atomic mass is 16.6. The molecule has 2 bridgehead atoms. The van der Waals surface area contributed by atoms with Crippen LogP contribution in [0.3, 0.4) is 0 Å². The van der Waals surface area contributed by atoms with Gasteiger partial charge >= 0.3 is 6.09 Å². The summed E-state index contributed by atoms with van der Waals surface area (Å²) in [5.41, 5.74) is 2.24. The molecular formula is C16H20N2O3. The van der Waals surface area contributed by atoms with Crippen molar-refractivity contribution >= 4 is 11.7 Å². The number of nitrogens with zero attached hydrogens (tertiary/aromatic N) is 2. The lowest BCUT2D eigenvalue weighted by Crippen LogP contribution is -2.50. The summed E-state index contributed by atoms with van der Waals surface area (Å²) >= 11 is 0. The molecule has 0 N–H and O–H groups in total. The first-order chi connectivity index (χ1) is 10.2. The molecule has 0 aromatic carbocycles. The van der Waals surface area contributed by atoms with Crippen LogP contribution in [0.25, 0.3) is 5.57 Å². The van der Waals surface area contributed by atoms with E-state index in [1.807, 2.05) is 30.2 Å². The number of amides is 1. The van der Waals surface area contributed by atoms with E-state index >= 15 is 0 Å². The predicted molar refractivity (Wildman–Crippen MR) is 79.0 cm³/mol. The fraction of sp³-hybridized carbons (Fsp3) is 0.500. The molecule has 5 heteroatoms. The highest BCUT2D eigenvalue weighted by Crippen LogP contribution is 2.39. The number of aromatic nitrogens is 1. The average Bonchev–Trinajstić information content (AvgIpc) is 2.55. The molecule has 2 atom stereocenters. The zero-order valence-corrected chi connectivity index (χ0v) is 12.4. The zero-order valence-electron chi connectivity index (χ0n) is 12.4. The Morgan fingerprint density at radius 1 is 1.43 bits per heavy atom. The van der Waals surface area contributed by atoms with Gasteiger partial charge in [0.1, 0.15) is 0 Å². The van der Waals surface area contributed by atoms with E-state index in [-0.39, 0.29) is 12.1 Å². The van der Waals surface area contributed by atoms with Gasteiger partial charge in [0, 0.05) is 18.8 Å². The van der Waals surface area contributed by atoms with Crippen molar-refractivity contribution in [3.8, 4) is 5.88 Å². The molecule has 5 nitrogen and oxygen atoms in total. The summed E-state index contributed by atoms with van der Waals surface area (Å²) < 4.78 is 10.3. The summed E-state index contributed by atoms with van der Waals surface area (Å²) in [5.74, 6) is 1.01. The van der Waals surface area contributed by atoms with Crippen molar-refractivity contribution in [1.29, 1.82) is 0 Å². The first-order valence-corrected chi connectivity index (χ1v) is 7.38. The Balaban J connectivity index is 1.86. The molecule has 0 saturated carbocycles. The molecule has 1 fully saturated rings. The van der Waals surface area contributed by atoms with Gasteiger partial charge in [-0.2, -0.15) is 0 Å². The largest absolute Gasteiger partial charge is 0.481 e. The maximum Gasteiger partial charge on any atom is 0.410 e. The van der Waals surface area contributed by atoms with E-state index in [1.54, 1.807) is 7.11 Å². The van der Waals surface area contributed by atoms with Crippen LogP contribution in [-0.2, 0) is 4.74 Å². The maximum absolute atomic E-state index is 12.1. The second-order valence-electron chi connectivity index (χ2n) is 5.42. The van der Waals surface area contributed by atoms with Crippen molar-refractivity contribution < 1.29 is 14.3 Å². The van der Waals surface area contributed by atoms with Crippen LogP contribution in [-0.4, -0.2) is 42.3 Å². The van der Waals surface area contributed by atoms with Crippen molar-refractivity contribution in [3.05, 3.63) is 30.0 Å². The standard InChI is InChI=1S/C16H20N2O3/c1-3-21-16(19)18-10-11-4-6-14(18)13(8-11)12-5-7-15(20-2)17-9-12/h5,7-9,11,14H,3-4,6,10H2,1-2H3. The Bertz CT molecular complexity index is 553. The van der Waals surface area contributed by atoms with Gasteiger partial charge in [0.2, 0.25) is 5.88 Å². The van der Waals surface area contributed by atoms with Gasteiger partial charge in [0.05, 0.1) is 19.8 Å². The lowest BCUT2D eigenvalue weighted by atomic mass is 9.79. The van der Waals surface area contributed by atoms with Crippen molar-refractivity contribution in [2.75, 3.05) is 20.3 Å². The first-order valence-electron chi connectivity index (χ1n) is 7.38. The van der Waals surface area contributed by atoms with E-state index in [4.69, 9.17) is 9.47 Å². The Kier molecular flexibility index (Phi) is 3.82. The normalized spacial score (nSPS) is 23.7. The lowest BCUT2D eigenvalue weighted by molar-refractivity contribution is 0.0769. The third-order valence-electron chi connectivity index (χ3n) is 4.17. The Morgan fingerprint density at radius 2 is 2.29 bits per heavy atom. The third-order valence-corrected chi connectivity index (χ3v) is 4.17. The monoisotopic (exact) mass is 288 g/mol. The van der Waals surface area contributed by atoms with Crippen LogP contribution >= 0.6 is 0 Å². The molecule has 21 heavy (non-hydrogen) atoms. The van der Waals surface area contributed by atoms with Gasteiger partial charge in [-0.25, -0.2) is 9.78 Å². The minimum Gasteiger partial charge on any atom is -0.481 e. The van der Waals surface area contributed by atoms with Crippen LogP contribution < -0.4 is 4.74 Å². The van der Waals surface area contributed by atoms with Crippen LogP contribution in [0.5, 0.6) is 5.88 Å². The highest BCUT2D eigenvalue weighted by molar-refractivity contribution is 5.78. The van der Waals surface area contributed by atoms with Crippen LogP contribution in [0.2, 0.25) is 0 Å². The number of ether oxygens (including phenoxy) is 2. The van der Waals surface area contributed by atoms with Crippen LogP contribution in [0.15, 0.2) is 24.4 Å². The molecular weight excluding hydrogens is 268 g/mol. The molecule has 0 spiro atoms. The van der Waals surface area contributed by atoms with E-state index in [0.29, 0.717) is 18.4 Å². The molecule has 2 unspecified atom stereocenters. The number of carbonyl (C=O) groups excluding carboxylic acids is 1. The Hall–Kier alpha value is -2.04. The van der Waals surface area contributed by atoms with Gasteiger partial charge in [0.25, 0.3) is 0 Å². The van der Waals surface area contributed by atoms with Gasteiger partial charge in [-0.15, -0.1) is 0 Å². The SMILES string of the molecule is CCOC(=O)N1CC2C=C(c3ccc(OC)nc3)C1CC2. The molecule has 1 amide bonds. The summed E-state index contributed by atoms with van der Waals surface area (Å²) in [6, 6.07) is 3.96. The number of piperidine rings is 1. The van der Waals surface area contributed by atoms with E-state index < -0.39 is 0 Å². The van der Waals surface area contributed by atoms with Crippen molar-refractivity contribution in [2.24, 2.45) is 5.92 Å². The molecule has 4 rings (SSSR count). The number of methoxy groups -OCH3 is 1. The Morgan fingerprint density at radius 3 is 2.90 bits per heavy atom. The molecule has 3 aliphatic rings. The van der Waals surface area contributed by atoms with E-state index in [2.05, 4.69) is 11.1 Å².